The van der Waals surface area contributed by atoms with Crippen LogP contribution in [0.5, 0.6) is 0 Å². The normalized spacial score (nSPS) is 16.4. The van der Waals surface area contributed by atoms with Crippen LogP contribution in [-0.2, 0) is 4.74 Å². The summed E-state index contributed by atoms with van der Waals surface area (Å²) in [6.45, 7) is 3.48. The van der Waals surface area contributed by atoms with Crippen LogP contribution in [0.25, 0.3) is 0 Å². The molecule has 3 rings (SSSR count). The number of anilines is 1. The number of morpholine rings is 1. The fourth-order valence-corrected chi connectivity index (χ4v) is 3.26. The Morgan fingerprint density at radius 3 is 2.52 bits per heavy atom. The van der Waals surface area contributed by atoms with Gasteiger partial charge in [-0.2, -0.15) is 0 Å². The predicted octanol–water partition coefficient (Wildman–Crippen LogP) is 2.73. The maximum Gasteiger partial charge on any atom is 0.251 e. The van der Waals surface area contributed by atoms with Crippen LogP contribution < -0.4 is 11.1 Å². The van der Waals surface area contributed by atoms with E-state index >= 15 is 0 Å². The highest BCUT2D eigenvalue weighted by Crippen LogP contribution is 2.27. The molecule has 2 aromatic carbocycles. The van der Waals surface area contributed by atoms with E-state index < -0.39 is 0 Å². The zero-order valence-electron chi connectivity index (χ0n) is 14.0. The maximum absolute atomic E-state index is 12.4. The van der Waals surface area contributed by atoms with Gasteiger partial charge in [-0.15, -0.1) is 0 Å². The maximum atomic E-state index is 12.4. The minimum atomic E-state index is -0.120. The van der Waals surface area contributed by atoms with Gasteiger partial charge in [-0.25, -0.2) is 0 Å². The molecule has 5 nitrogen and oxygen atoms in total. The van der Waals surface area contributed by atoms with Crippen LogP contribution in [0, 0.1) is 0 Å². The molecule has 0 aliphatic carbocycles. The van der Waals surface area contributed by atoms with E-state index in [4.69, 9.17) is 22.1 Å². The first kappa shape index (κ1) is 17.7. The van der Waals surface area contributed by atoms with Gasteiger partial charge < -0.3 is 15.8 Å². The number of ether oxygens (including phenoxy) is 1. The van der Waals surface area contributed by atoms with Crippen molar-refractivity contribution in [2.45, 2.75) is 6.04 Å². The summed E-state index contributed by atoms with van der Waals surface area (Å²) in [5.41, 5.74) is 7.92. The Bertz CT molecular complexity index is 715. The molecule has 1 fully saturated rings. The van der Waals surface area contributed by atoms with Crippen molar-refractivity contribution in [3.05, 3.63) is 64.7 Å². The van der Waals surface area contributed by atoms with Crippen molar-refractivity contribution in [2.75, 3.05) is 38.6 Å². The summed E-state index contributed by atoms with van der Waals surface area (Å²) in [7, 11) is 0. The molecular formula is C19H22ClN3O2. The monoisotopic (exact) mass is 359 g/mol. The molecule has 0 spiro atoms. The number of benzene rings is 2. The van der Waals surface area contributed by atoms with E-state index in [9.17, 15) is 4.79 Å². The van der Waals surface area contributed by atoms with Crippen molar-refractivity contribution in [3.63, 3.8) is 0 Å². The van der Waals surface area contributed by atoms with Crippen LogP contribution in [0.1, 0.15) is 22.0 Å². The summed E-state index contributed by atoms with van der Waals surface area (Å²) in [6, 6.07) is 14.7. The van der Waals surface area contributed by atoms with E-state index in [1.807, 2.05) is 24.3 Å². The highest BCUT2D eigenvalue weighted by atomic mass is 35.5. The van der Waals surface area contributed by atoms with E-state index in [1.54, 1.807) is 24.3 Å². The van der Waals surface area contributed by atoms with Gasteiger partial charge in [0.15, 0.2) is 0 Å². The molecule has 2 aromatic rings. The topological polar surface area (TPSA) is 67.6 Å². The van der Waals surface area contributed by atoms with Crippen LogP contribution in [0.4, 0.5) is 5.69 Å². The third kappa shape index (κ3) is 4.51. The van der Waals surface area contributed by atoms with Gasteiger partial charge in [0.2, 0.25) is 0 Å². The quantitative estimate of drug-likeness (QED) is 0.805. The fraction of sp³-hybridized carbons (Fsp3) is 0.316. The first-order valence-corrected chi connectivity index (χ1v) is 8.73. The third-order valence-electron chi connectivity index (χ3n) is 4.38. The Labute approximate surface area is 152 Å². The Morgan fingerprint density at radius 2 is 1.84 bits per heavy atom. The second-order valence-electron chi connectivity index (χ2n) is 6.02. The molecule has 3 N–H and O–H groups in total. The SMILES string of the molecule is Nc1ccc(C(=O)NCC(c2ccccc2Cl)N2CCOCC2)cc1. The molecule has 1 aliphatic heterocycles. The van der Waals surface area contributed by atoms with Crippen molar-refractivity contribution >= 4 is 23.2 Å². The molecule has 132 valence electrons. The Hall–Kier alpha value is -2.08. The lowest BCUT2D eigenvalue weighted by Gasteiger charge is -2.35. The molecule has 1 atom stereocenters. The zero-order valence-corrected chi connectivity index (χ0v) is 14.7. The van der Waals surface area contributed by atoms with Gasteiger partial charge >= 0.3 is 0 Å². The Morgan fingerprint density at radius 1 is 1.16 bits per heavy atom. The molecule has 0 saturated carbocycles. The van der Waals surface area contributed by atoms with Crippen molar-refractivity contribution in [1.82, 2.24) is 10.2 Å². The summed E-state index contributed by atoms with van der Waals surface area (Å²) in [5.74, 6) is -0.120. The number of hydrogen-bond acceptors (Lipinski definition) is 4. The Balaban J connectivity index is 1.74. The third-order valence-corrected chi connectivity index (χ3v) is 4.72. The number of halogens is 1. The molecule has 1 unspecified atom stereocenters. The van der Waals surface area contributed by atoms with Gasteiger partial charge in [-0.05, 0) is 35.9 Å². The summed E-state index contributed by atoms with van der Waals surface area (Å²) in [5, 5.41) is 3.73. The van der Waals surface area contributed by atoms with Gasteiger partial charge in [0.05, 0.1) is 19.3 Å². The van der Waals surface area contributed by atoms with Crippen molar-refractivity contribution in [1.29, 1.82) is 0 Å². The van der Waals surface area contributed by atoms with Gasteiger partial charge in [-0.1, -0.05) is 29.8 Å². The lowest BCUT2D eigenvalue weighted by Crippen LogP contribution is -2.44. The minimum absolute atomic E-state index is 0.00957. The standard InChI is InChI=1S/C19H22ClN3O2/c20-17-4-2-1-3-16(17)18(23-9-11-25-12-10-23)13-22-19(24)14-5-7-15(21)8-6-14/h1-8,18H,9-13,21H2,(H,22,24). The average molecular weight is 360 g/mol. The molecule has 0 aromatic heterocycles. The second kappa shape index (κ2) is 8.34. The van der Waals surface area contributed by atoms with Crippen molar-refractivity contribution in [3.8, 4) is 0 Å². The van der Waals surface area contributed by atoms with E-state index in [-0.39, 0.29) is 11.9 Å². The number of hydrogen-bond donors (Lipinski definition) is 2. The van der Waals surface area contributed by atoms with E-state index in [0.717, 1.165) is 18.7 Å². The van der Waals surface area contributed by atoms with Crippen LogP contribution in [0.3, 0.4) is 0 Å². The number of carbonyl (C=O) groups excluding carboxylic acids is 1. The van der Waals surface area contributed by atoms with Crippen LogP contribution in [0.2, 0.25) is 5.02 Å². The highest BCUT2D eigenvalue weighted by Gasteiger charge is 2.25. The molecule has 1 heterocycles. The van der Waals surface area contributed by atoms with E-state index in [1.165, 1.54) is 0 Å². The van der Waals surface area contributed by atoms with Crippen molar-refractivity contribution < 1.29 is 9.53 Å². The smallest absolute Gasteiger partial charge is 0.251 e. The van der Waals surface area contributed by atoms with Gasteiger partial charge in [0.25, 0.3) is 5.91 Å². The zero-order chi connectivity index (χ0) is 17.6. The average Bonchev–Trinajstić information content (AvgIpc) is 2.64. The first-order valence-electron chi connectivity index (χ1n) is 8.35. The van der Waals surface area contributed by atoms with E-state index in [2.05, 4.69) is 10.2 Å². The van der Waals surface area contributed by atoms with Crippen molar-refractivity contribution in [2.24, 2.45) is 0 Å². The highest BCUT2D eigenvalue weighted by molar-refractivity contribution is 6.31. The number of nitrogens with one attached hydrogen (secondary N) is 1. The lowest BCUT2D eigenvalue weighted by atomic mass is 10.0. The molecular weight excluding hydrogens is 338 g/mol. The molecule has 6 heteroatoms. The second-order valence-corrected chi connectivity index (χ2v) is 6.42. The number of rotatable bonds is 5. The summed E-state index contributed by atoms with van der Waals surface area (Å²) in [6.07, 6.45) is 0. The number of nitrogen functional groups attached to an aromatic ring is 1. The predicted molar refractivity (Wildman–Crippen MR) is 99.8 cm³/mol. The van der Waals surface area contributed by atoms with Crippen LogP contribution in [-0.4, -0.2) is 43.7 Å². The van der Waals surface area contributed by atoms with Gasteiger partial charge in [-0.3, -0.25) is 9.69 Å². The first-order chi connectivity index (χ1) is 12.1. The number of nitrogens with zero attached hydrogens (tertiary/aromatic N) is 1. The number of nitrogens with two attached hydrogens (primary N) is 1. The Kier molecular flexibility index (Phi) is 5.91. The minimum Gasteiger partial charge on any atom is -0.399 e. The fourth-order valence-electron chi connectivity index (χ4n) is 3.00. The molecule has 0 radical (unpaired) electrons. The van der Waals surface area contributed by atoms with Gasteiger partial charge in [0, 0.05) is 35.9 Å². The summed E-state index contributed by atoms with van der Waals surface area (Å²) >= 11 is 6.40. The van der Waals surface area contributed by atoms with E-state index in [0.29, 0.717) is 36.0 Å². The molecule has 1 saturated heterocycles. The molecule has 0 bridgehead atoms. The molecule has 1 aliphatic rings. The molecule has 25 heavy (non-hydrogen) atoms. The lowest BCUT2D eigenvalue weighted by molar-refractivity contribution is 0.0162. The van der Waals surface area contributed by atoms with Crippen LogP contribution in [0.15, 0.2) is 48.5 Å². The van der Waals surface area contributed by atoms with Crippen LogP contribution >= 0.6 is 11.6 Å². The number of amides is 1. The summed E-state index contributed by atoms with van der Waals surface area (Å²) < 4.78 is 5.45. The summed E-state index contributed by atoms with van der Waals surface area (Å²) in [4.78, 5) is 14.7. The number of carbonyl (C=O) groups is 1. The molecule has 1 amide bonds. The van der Waals surface area contributed by atoms with Gasteiger partial charge in [0.1, 0.15) is 0 Å². The largest absolute Gasteiger partial charge is 0.399 e.